The van der Waals surface area contributed by atoms with Crippen LogP contribution in [0.2, 0.25) is 0 Å². The van der Waals surface area contributed by atoms with Gasteiger partial charge in [-0.15, -0.1) is 16.4 Å². The van der Waals surface area contributed by atoms with Crippen LogP contribution in [0.5, 0.6) is 0 Å². The Kier molecular flexibility index (Phi) is 3.45. The Morgan fingerprint density at radius 3 is 3.12 bits per heavy atom. The van der Waals surface area contributed by atoms with Gasteiger partial charge in [-0.25, -0.2) is 4.98 Å². The molecule has 3 N–H and O–H groups in total. The molecule has 0 aliphatic rings. The zero-order chi connectivity index (χ0) is 12.3. The minimum atomic E-state index is -0.317. The maximum Gasteiger partial charge on any atom is 0.279 e. The first-order valence-electron chi connectivity index (χ1n) is 5.02. The van der Waals surface area contributed by atoms with Gasteiger partial charge in [-0.05, 0) is 6.92 Å². The van der Waals surface area contributed by atoms with Gasteiger partial charge in [0.15, 0.2) is 10.8 Å². The van der Waals surface area contributed by atoms with Gasteiger partial charge < -0.3 is 5.73 Å². The Labute approximate surface area is 102 Å². The second-order valence-corrected chi connectivity index (χ2v) is 4.26. The van der Waals surface area contributed by atoms with Gasteiger partial charge in [-0.1, -0.05) is 5.21 Å². The zero-order valence-corrected chi connectivity index (χ0v) is 10.1. The Morgan fingerprint density at radius 2 is 2.47 bits per heavy atom. The maximum atomic E-state index is 11.7. The van der Waals surface area contributed by atoms with E-state index in [-0.39, 0.29) is 11.6 Å². The molecule has 2 heterocycles. The number of nitrogens with two attached hydrogens (primary N) is 1. The van der Waals surface area contributed by atoms with Crippen molar-refractivity contribution in [1.29, 1.82) is 0 Å². The van der Waals surface area contributed by atoms with Gasteiger partial charge >= 0.3 is 0 Å². The fourth-order valence-electron chi connectivity index (χ4n) is 1.22. The van der Waals surface area contributed by atoms with Crippen molar-refractivity contribution in [3.05, 3.63) is 23.0 Å². The van der Waals surface area contributed by atoms with E-state index in [2.05, 4.69) is 20.6 Å². The first-order valence-corrected chi connectivity index (χ1v) is 5.90. The van der Waals surface area contributed by atoms with Gasteiger partial charge in [0.25, 0.3) is 5.91 Å². The summed E-state index contributed by atoms with van der Waals surface area (Å²) < 4.78 is 1.53. The summed E-state index contributed by atoms with van der Waals surface area (Å²) in [5, 5.41) is 12.6. The fourth-order valence-corrected chi connectivity index (χ4v) is 1.90. The second-order valence-electron chi connectivity index (χ2n) is 3.40. The molecule has 0 aliphatic heterocycles. The van der Waals surface area contributed by atoms with E-state index in [0.29, 0.717) is 18.2 Å². The summed E-state index contributed by atoms with van der Waals surface area (Å²) in [5.74, 6) is -0.317. The van der Waals surface area contributed by atoms with Crippen molar-refractivity contribution in [2.24, 2.45) is 5.73 Å². The largest absolute Gasteiger partial charge is 0.329 e. The minimum absolute atomic E-state index is 0.256. The molecule has 8 heteroatoms. The van der Waals surface area contributed by atoms with Crippen molar-refractivity contribution in [3.63, 3.8) is 0 Å². The lowest BCUT2D eigenvalue weighted by atomic mass is 10.4. The van der Waals surface area contributed by atoms with Gasteiger partial charge in [0, 0.05) is 11.9 Å². The number of rotatable bonds is 4. The Morgan fingerprint density at radius 1 is 1.65 bits per heavy atom. The second kappa shape index (κ2) is 5.02. The third kappa shape index (κ3) is 2.86. The van der Waals surface area contributed by atoms with Crippen molar-refractivity contribution in [1.82, 2.24) is 20.0 Å². The number of carbonyl (C=O) groups is 1. The summed E-state index contributed by atoms with van der Waals surface area (Å²) in [5.41, 5.74) is 6.50. The van der Waals surface area contributed by atoms with Crippen molar-refractivity contribution in [2.75, 3.05) is 11.9 Å². The molecule has 7 nitrogen and oxygen atoms in total. The van der Waals surface area contributed by atoms with Crippen molar-refractivity contribution in [2.45, 2.75) is 13.5 Å². The Balaban J connectivity index is 2.03. The first-order chi connectivity index (χ1) is 8.19. The van der Waals surface area contributed by atoms with E-state index < -0.39 is 0 Å². The van der Waals surface area contributed by atoms with Crippen LogP contribution < -0.4 is 11.1 Å². The first kappa shape index (κ1) is 11.7. The van der Waals surface area contributed by atoms with Crippen molar-refractivity contribution in [3.8, 4) is 0 Å². The summed E-state index contributed by atoms with van der Waals surface area (Å²) in [6.07, 6.45) is 1.56. The number of hydrogen-bond donors (Lipinski definition) is 2. The lowest BCUT2D eigenvalue weighted by Crippen LogP contribution is -2.12. The fraction of sp³-hybridized carbons (Fsp3) is 0.333. The van der Waals surface area contributed by atoms with E-state index in [1.165, 1.54) is 16.0 Å². The van der Waals surface area contributed by atoms with Gasteiger partial charge in [-0.2, -0.15) is 0 Å². The van der Waals surface area contributed by atoms with Crippen LogP contribution in [0.1, 0.15) is 16.2 Å². The minimum Gasteiger partial charge on any atom is -0.329 e. The van der Waals surface area contributed by atoms with Crippen molar-refractivity contribution >= 4 is 22.4 Å². The van der Waals surface area contributed by atoms with Gasteiger partial charge in [0.05, 0.1) is 18.4 Å². The van der Waals surface area contributed by atoms with E-state index >= 15 is 0 Å². The lowest BCUT2D eigenvalue weighted by Gasteiger charge is -1.96. The van der Waals surface area contributed by atoms with Crippen LogP contribution in [0, 0.1) is 6.92 Å². The molecule has 2 rings (SSSR count). The quantitative estimate of drug-likeness (QED) is 0.813. The summed E-state index contributed by atoms with van der Waals surface area (Å²) in [6.45, 7) is 2.86. The Bertz CT molecular complexity index is 519. The normalized spacial score (nSPS) is 10.5. The highest BCUT2D eigenvalue weighted by Gasteiger charge is 2.12. The third-order valence-electron chi connectivity index (χ3n) is 1.97. The molecular weight excluding hydrogens is 240 g/mol. The standard InChI is InChI=1S/C9H12N6OS/c1-6-5-17-9(11-6)12-8(16)7-4-15(3-2-10)14-13-7/h4-5H,2-3,10H2,1H3,(H,11,12,16). The van der Waals surface area contributed by atoms with Gasteiger partial charge in [0.2, 0.25) is 0 Å². The molecule has 0 unspecified atom stereocenters. The molecule has 0 aromatic carbocycles. The zero-order valence-electron chi connectivity index (χ0n) is 9.25. The number of amides is 1. The Hall–Kier alpha value is -1.80. The van der Waals surface area contributed by atoms with Crippen LogP contribution in [-0.2, 0) is 6.54 Å². The molecule has 0 saturated carbocycles. The highest BCUT2D eigenvalue weighted by molar-refractivity contribution is 7.13. The molecule has 2 aromatic heterocycles. The summed E-state index contributed by atoms with van der Waals surface area (Å²) >= 11 is 1.37. The van der Waals surface area contributed by atoms with Crippen molar-refractivity contribution < 1.29 is 4.79 Å². The summed E-state index contributed by atoms with van der Waals surface area (Å²) in [4.78, 5) is 15.9. The lowest BCUT2D eigenvalue weighted by molar-refractivity contribution is 0.102. The molecule has 0 aliphatic carbocycles. The van der Waals surface area contributed by atoms with E-state index in [1.807, 2.05) is 12.3 Å². The number of nitrogens with zero attached hydrogens (tertiary/aromatic N) is 4. The monoisotopic (exact) mass is 252 g/mol. The van der Waals surface area contributed by atoms with E-state index in [1.54, 1.807) is 6.20 Å². The number of carbonyl (C=O) groups excluding carboxylic acids is 1. The van der Waals surface area contributed by atoms with Crippen LogP contribution in [0.25, 0.3) is 0 Å². The SMILES string of the molecule is Cc1csc(NC(=O)c2cn(CCN)nn2)n1. The average molecular weight is 252 g/mol. The molecule has 2 aromatic rings. The topological polar surface area (TPSA) is 98.7 Å². The molecule has 0 saturated heterocycles. The summed E-state index contributed by atoms with van der Waals surface area (Å²) in [7, 11) is 0. The van der Waals surface area contributed by atoms with E-state index in [4.69, 9.17) is 5.73 Å². The molecular formula is C9H12N6OS. The molecule has 0 fully saturated rings. The molecule has 90 valence electrons. The van der Waals surface area contributed by atoms with E-state index in [0.717, 1.165) is 5.69 Å². The smallest absolute Gasteiger partial charge is 0.279 e. The van der Waals surface area contributed by atoms with Crippen LogP contribution in [0.3, 0.4) is 0 Å². The van der Waals surface area contributed by atoms with Crippen LogP contribution >= 0.6 is 11.3 Å². The molecule has 1 amide bonds. The average Bonchev–Trinajstić information content (AvgIpc) is 2.88. The molecule has 0 spiro atoms. The number of thiazole rings is 1. The molecule has 17 heavy (non-hydrogen) atoms. The summed E-state index contributed by atoms with van der Waals surface area (Å²) in [6, 6.07) is 0. The maximum absolute atomic E-state index is 11.7. The highest BCUT2D eigenvalue weighted by atomic mass is 32.1. The van der Waals surface area contributed by atoms with Crippen LogP contribution in [0.15, 0.2) is 11.6 Å². The predicted molar refractivity (Wildman–Crippen MR) is 63.9 cm³/mol. The van der Waals surface area contributed by atoms with Gasteiger partial charge in [0.1, 0.15) is 0 Å². The number of aryl methyl sites for hydroxylation is 1. The molecule has 0 radical (unpaired) electrons. The number of nitrogens with one attached hydrogen (secondary N) is 1. The highest BCUT2D eigenvalue weighted by Crippen LogP contribution is 2.14. The van der Waals surface area contributed by atoms with Crippen LogP contribution in [-0.4, -0.2) is 32.4 Å². The third-order valence-corrected chi connectivity index (χ3v) is 2.84. The van der Waals surface area contributed by atoms with E-state index in [9.17, 15) is 4.79 Å². The molecule has 0 atom stereocenters. The van der Waals surface area contributed by atoms with Crippen LogP contribution in [0.4, 0.5) is 5.13 Å². The number of aromatic nitrogens is 4. The number of hydrogen-bond acceptors (Lipinski definition) is 6. The number of anilines is 1. The predicted octanol–water partition coefficient (Wildman–Crippen LogP) is 0.254. The van der Waals surface area contributed by atoms with Gasteiger partial charge in [-0.3, -0.25) is 14.8 Å². The molecule has 0 bridgehead atoms.